The van der Waals surface area contributed by atoms with Crippen molar-refractivity contribution in [1.82, 2.24) is 0 Å². The van der Waals surface area contributed by atoms with Crippen molar-refractivity contribution in [2.45, 2.75) is 39.2 Å². The van der Waals surface area contributed by atoms with Gasteiger partial charge in [-0.2, -0.15) is 0 Å². The zero-order valence-corrected chi connectivity index (χ0v) is 15.4. The first kappa shape index (κ1) is 18.2. The summed E-state index contributed by atoms with van der Waals surface area (Å²) in [5, 5.41) is 5.94. The third-order valence-electron chi connectivity index (χ3n) is 4.80. The summed E-state index contributed by atoms with van der Waals surface area (Å²) in [7, 11) is 0. The highest BCUT2D eigenvalue weighted by Crippen LogP contribution is 2.22. The number of carbonyl (C=O) groups is 1. The van der Waals surface area contributed by atoms with E-state index in [9.17, 15) is 9.18 Å². The highest BCUT2D eigenvalue weighted by molar-refractivity contribution is 5.96. The quantitative estimate of drug-likeness (QED) is 0.826. The number of carbonyl (C=O) groups excluding carboxylic acids is 1. The zero-order chi connectivity index (χ0) is 18.5. The average molecular weight is 355 g/mol. The minimum Gasteiger partial charge on any atom is -0.374 e. The van der Waals surface area contributed by atoms with Crippen LogP contribution in [0.2, 0.25) is 0 Å². The molecule has 0 bridgehead atoms. The second-order valence-electron chi connectivity index (χ2n) is 6.91. The van der Waals surface area contributed by atoms with Crippen molar-refractivity contribution in [3.63, 3.8) is 0 Å². The van der Waals surface area contributed by atoms with Gasteiger partial charge in [0.15, 0.2) is 0 Å². The van der Waals surface area contributed by atoms with Gasteiger partial charge in [0.25, 0.3) is 0 Å². The van der Waals surface area contributed by atoms with Gasteiger partial charge in [0, 0.05) is 30.2 Å². The monoisotopic (exact) mass is 355 g/mol. The molecule has 26 heavy (non-hydrogen) atoms. The summed E-state index contributed by atoms with van der Waals surface area (Å²) in [5.41, 5.74) is 3.14. The molecule has 0 saturated carbocycles. The van der Waals surface area contributed by atoms with Crippen molar-refractivity contribution >= 4 is 23.0 Å². The SMILES string of the molecule is Cc1ccc(NC(=O)[C@@H](C)Nc2ccc(N3CCCCC3)cc2)cc1F. The summed E-state index contributed by atoms with van der Waals surface area (Å²) in [6.07, 6.45) is 3.81. The van der Waals surface area contributed by atoms with E-state index >= 15 is 0 Å². The number of nitrogens with one attached hydrogen (secondary N) is 2. The van der Waals surface area contributed by atoms with Gasteiger partial charge in [-0.05, 0) is 75.1 Å². The van der Waals surface area contributed by atoms with Gasteiger partial charge in [0.1, 0.15) is 11.9 Å². The molecule has 2 aromatic carbocycles. The lowest BCUT2D eigenvalue weighted by Gasteiger charge is -2.29. The lowest BCUT2D eigenvalue weighted by Crippen LogP contribution is -2.32. The number of hydrogen-bond donors (Lipinski definition) is 2. The summed E-state index contributed by atoms with van der Waals surface area (Å²) >= 11 is 0. The molecule has 5 heteroatoms. The number of halogens is 1. The number of anilines is 3. The molecule has 1 aliphatic heterocycles. The smallest absolute Gasteiger partial charge is 0.246 e. The Hall–Kier alpha value is -2.56. The Morgan fingerprint density at radius 1 is 1.04 bits per heavy atom. The van der Waals surface area contributed by atoms with Crippen LogP contribution in [0.25, 0.3) is 0 Å². The van der Waals surface area contributed by atoms with Crippen molar-refractivity contribution in [2.24, 2.45) is 0 Å². The molecule has 2 aromatic rings. The van der Waals surface area contributed by atoms with E-state index in [0.29, 0.717) is 11.3 Å². The first-order chi connectivity index (χ1) is 12.5. The highest BCUT2D eigenvalue weighted by atomic mass is 19.1. The van der Waals surface area contributed by atoms with Crippen molar-refractivity contribution in [3.05, 3.63) is 53.8 Å². The lowest BCUT2D eigenvalue weighted by atomic mass is 10.1. The van der Waals surface area contributed by atoms with Crippen LogP contribution in [0.5, 0.6) is 0 Å². The van der Waals surface area contributed by atoms with E-state index in [0.717, 1.165) is 18.8 Å². The summed E-state index contributed by atoms with van der Waals surface area (Å²) in [6, 6.07) is 12.5. The van der Waals surface area contributed by atoms with Gasteiger partial charge in [-0.25, -0.2) is 4.39 Å². The highest BCUT2D eigenvalue weighted by Gasteiger charge is 2.14. The number of piperidine rings is 1. The van der Waals surface area contributed by atoms with Crippen molar-refractivity contribution < 1.29 is 9.18 Å². The molecule has 0 aliphatic carbocycles. The van der Waals surface area contributed by atoms with Gasteiger partial charge in [-0.15, -0.1) is 0 Å². The molecule has 2 N–H and O–H groups in total. The number of rotatable bonds is 5. The Balaban J connectivity index is 1.57. The Bertz CT molecular complexity index is 754. The summed E-state index contributed by atoms with van der Waals surface area (Å²) < 4.78 is 13.6. The van der Waals surface area contributed by atoms with Crippen LogP contribution in [0.1, 0.15) is 31.7 Å². The van der Waals surface area contributed by atoms with Crippen LogP contribution in [-0.4, -0.2) is 25.0 Å². The lowest BCUT2D eigenvalue weighted by molar-refractivity contribution is -0.116. The maximum Gasteiger partial charge on any atom is 0.246 e. The van der Waals surface area contributed by atoms with Crippen LogP contribution >= 0.6 is 0 Å². The first-order valence-corrected chi connectivity index (χ1v) is 9.21. The van der Waals surface area contributed by atoms with Crippen LogP contribution in [0, 0.1) is 12.7 Å². The normalized spacial score (nSPS) is 15.4. The van der Waals surface area contributed by atoms with E-state index in [1.807, 2.05) is 12.1 Å². The van der Waals surface area contributed by atoms with Crippen LogP contribution in [0.15, 0.2) is 42.5 Å². The fourth-order valence-corrected chi connectivity index (χ4v) is 3.16. The van der Waals surface area contributed by atoms with E-state index < -0.39 is 6.04 Å². The molecule has 138 valence electrons. The second kappa shape index (κ2) is 8.21. The van der Waals surface area contributed by atoms with Gasteiger partial charge >= 0.3 is 0 Å². The topological polar surface area (TPSA) is 44.4 Å². The maximum absolute atomic E-state index is 13.6. The standard InChI is InChI=1S/C21H26FN3O/c1-15-6-7-18(14-20(15)22)24-21(26)16(2)23-17-8-10-19(11-9-17)25-12-4-3-5-13-25/h6-11,14,16,23H,3-5,12-13H2,1-2H3,(H,24,26)/t16-/m1/s1. The molecule has 3 rings (SSSR count). The number of hydrogen-bond acceptors (Lipinski definition) is 3. The van der Waals surface area contributed by atoms with Crippen LogP contribution in [0.4, 0.5) is 21.5 Å². The minimum absolute atomic E-state index is 0.201. The molecule has 0 radical (unpaired) electrons. The number of aryl methyl sites for hydroxylation is 1. The predicted molar refractivity (Wildman–Crippen MR) is 105 cm³/mol. The van der Waals surface area contributed by atoms with Crippen molar-refractivity contribution in [3.8, 4) is 0 Å². The molecule has 1 atom stereocenters. The fourth-order valence-electron chi connectivity index (χ4n) is 3.16. The summed E-state index contributed by atoms with van der Waals surface area (Å²) in [4.78, 5) is 14.7. The number of benzene rings is 2. The van der Waals surface area contributed by atoms with Gasteiger partial charge in [0.05, 0.1) is 0 Å². The first-order valence-electron chi connectivity index (χ1n) is 9.21. The van der Waals surface area contributed by atoms with Crippen molar-refractivity contribution in [1.29, 1.82) is 0 Å². The third kappa shape index (κ3) is 4.54. The number of amides is 1. The third-order valence-corrected chi connectivity index (χ3v) is 4.80. The Morgan fingerprint density at radius 3 is 2.35 bits per heavy atom. The largest absolute Gasteiger partial charge is 0.374 e. The molecule has 0 unspecified atom stereocenters. The molecule has 1 heterocycles. The van der Waals surface area contributed by atoms with Gasteiger partial charge in [-0.3, -0.25) is 4.79 Å². The number of nitrogens with zero attached hydrogens (tertiary/aromatic N) is 1. The molecular weight excluding hydrogens is 329 g/mol. The van der Waals surface area contributed by atoms with E-state index in [1.54, 1.807) is 26.0 Å². The molecule has 1 saturated heterocycles. The molecule has 1 fully saturated rings. The van der Waals surface area contributed by atoms with Gasteiger partial charge in [-0.1, -0.05) is 6.07 Å². The zero-order valence-electron chi connectivity index (χ0n) is 15.4. The van der Waals surface area contributed by atoms with E-state index in [-0.39, 0.29) is 11.7 Å². The molecule has 0 aromatic heterocycles. The van der Waals surface area contributed by atoms with Gasteiger partial charge in [0.2, 0.25) is 5.91 Å². The molecule has 4 nitrogen and oxygen atoms in total. The summed E-state index contributed by atoms with van der Waals surface area (Å²) in [5.74, 6) is -0.523. The predicted octanol–water partition coefficient (Wildman–Crippen LogP) is 4.56. The molecule has 1 aliphatic rings. The van der Waals surface area contributed by atoms with E-state index in [1.165, 1.54) is 31.0 Å². The average Bonchev–Trinajstić information content (AvgIpc) is 2.66. The van der Waals surface area contributed by atoms with Gasteiger partial charge < -0.3 is 15.5 Å². The molecular formula is C21H26FN3O. The van der Waals surface area contributed by atoms with Crippen LogP contribution in [-0.2, 0) is 4.79 Å². The van der Waals surface area contributed by atoms with E-state index in [2.05, 4.69) is 27.7 Å². The Labute approximate surface area is 154 Å². The summed E-state index contributed by atoms with van der Waals surface area (Å²) in [6.45, 7) is 5.70. The van der Waals surface area contributed by atoms with E-state index in [4.69, 9.17) is 0 Å². The molecule has 0 spiro atoms. The second-order valence-corrected chi connectivity index (χ2v) is 6.91. The molecule has 1 amide bonds. The Kier molecular flexibility index (Phi) is 5.76. The Morgan fingerprint density at radius 2 is 1.69 bits per heavy atom. The van der Waals surface area contributed by atoms with Crippen LogP contribution < -0.4 is 15.5 Å². The minimum atomic E-state index is -0.430. The maximum atomic E-state index is 13.6. The fraction of sp³-hybridized carbons (Fsp3) is 0.381. The van der Waals surface area contributed by atoms with Crippen LogP contribution in [0.3, 0.4) is 0 Å². The van der Waals surface area contributed by atoms with Crippen molar-refractivity contribution in [2.75, 3.05) is 28.6 Å².